The summed E-state index contributed by atoms with van der Waals surface area (Å²) < 4.78 is 10.2. The van der Waals surface area contributed by atoms with E-state index in [1.165, 1.54) is 7.11 Å². The molecular formula is C9H10ClNO2. The molecule has 0 aromatic carbocycles. The van der Waals surface area contributed by atoms with Gasteiger partial charge in [-0.2, -0.15) is 0 Å². The minimum Gasteiger partial charge on any atom is -0.490 e. The van der Waals surface area contributed by atoms with Gasteiger partial charge in [-0.1, -0.05) is 24.3 Å². The zero-order valence-corrected chi connectivity index (χ0v) is 8.04. The molecule has 0 aliphatic carbocycles. The minimum absolute atomic E-state index is 0.379. The fourth-order valence-electron chi connectivity index (χ4n) is 0.832. The van der Waals surface area contributed by atoms with Crippen LogP contribution in [0.15, 0.2) is 24.9 Å². The molecule has 1 rings (SSSR count). The quantitative estimate of drug-likeness (QED) is 0.698. The largest absolute Gasteiger partial charge is 0.490 e. The van der Waals surface area contributed by atoms with Crippen LogP contribution in [0.3, 0.4) is 0 Å². The van der Waals surface area contributed by atoms with E-state index in [9.17, 15) is 0 Å². The van der Waals surface area contributed by atoms with Crippen molar-refractivity contribution in [1.29, 1.82) is 0 Å². The molecule has 0 spiro atoms. The van der Waals surface area contributed by atoms with Crippen molar-refractivity contribution in [2.45, 2.75) is 0 Å². The van der Waals surface area contributed by atoms with E-state index in [1.807, 2.05) is 0 Å². The summed E-state index contributed by atoms with van der Waals surface area (Å²) in [6.07, 6.45) is 3.19. The number of ether oxygens (including phenoxy) is 2. The Bertz CT molecular complexity index is 302. The fourth-order valence-corrected chi connectivity index (χ4v) is 1.05. The minimum atomic E-state index is 0.379. The molecule has 4 heteroatoms. The molecule has 13 heavy (non-hydrogen) atoms. The molecule has 1 aromatic heterocycles. The molecule has 0 radical (unpaired) electrons. The Labute approximate surface area is 82.0 Å². The van der Waals surface area contributed by atoms with Crippen molar-refractivity contribution in [2.24, 2.45) is 0 Å². The van der Waals surface area contributed by atoms with Crippen LogP contribution in [0.25, 0.3) is 0 Å². The highest BCUT2D eigenvalue weighted by Gasteiger charge is 2.08. The van der Waals surface area contributed by atoms with Gasteiger partial charge in [0.25, 0.3) is 5.88 Å². The molecule has 3 nitrogen and oxygen atoms in total. The van der Waals surface area contributed by atoms with Gasteiger partial charge in [-0.15, -0.1) is 0 Å². The summed E-state index contributed by atoms with van der Waals surface area (Å²) in [4.78, 5) is 3.97. The third-order valence-electron chi connectivity index (χ3n) is 1.37. The number of halogens is 1. The maximum Gasteiger partial charge on any atom is 0.258 e. The van der Waals surface area contributed by atoms with Crippen LogP contribution in [0, 0.1) is 0 Å². The van der Waals surface area contributed by atoms with Crippen LogP contribution in [0.2, 0.25) is 5.02 Å². The van der Waals surface area contributed by atoms with Gasteiger partial charge in [-0.3, -0.25) is 0 Å². The van der Waals surface area contributed by atoms with E-state index in [0.717, 1.165) is 0 Å². The maximum absolute atomic E-state index is 5.84. The molecule has 0 unspecified atom stereocenters. The van der Waals surface area contributed by atoms with Gasteiger partial charge in [-0.05, 0) is 6.07 Å². The molecule has 0 N–H and O–H groups in total. The van der Waals surface area contributed by atoms with E-state index >= 15 is 0 Å². The first-order chi connectivity index (χ1) is 6.29. The summed E-state index contributed by atoms with van der Waals surface area (Å²) >= 11 is 5.84. The smallest absolute Gasteiger partial charge is 0.258 e. The predicted molar refractivity (Wildman–Crippen MR) is 51.5 cm³/mol. The Balaban J connectivity index is 2.91. The first-order valence-corrected chi connectivity index (χ1v) is 4.09. The van der Waals surface area contributed by atoms with Crippen molar-refractivity contribution in [3.05, 3.63) is 29.9 Å². The van der Waals surface area contributed by atoms with Gasteiger partial charge in [0.05, 0.1) is 12.1 Å². The Morgan fingerprint density at radius 2 is 2.46 bits per heavy atom. The molecule has 0 bridgehead atoms. The SMILES string of the molecule is C=CCOc1nccc(Cl)c1OC. The maximum atomic E-state index is 5.84. The van der Waals surface area contributed by atoms with Crippen molar-refractivity contribution >= 4 is 11.6 Å². The lowest BCUT2D eigenvalue weighted by Crippen LogP contribution is -1.98. The molecular weight excluding hydrogens is 190 g/mol. The van der Waals surface area contributed by atoms with E-state index < -0.39 is 0 Å². The van der Waals surface area contributed by atoms with Gasteiger partial charge < -0.3 is 9.47 Å². The van der Waals surface area contributed by atoms with Crippen molar-refractivity contribution in [3.8, 4) is 11.6 Å². The predicted octanol–water partition coefficient (Wildman–Crippen LogP) is 2.31. The second-order valence-corrected chi connectivity index (χ2v) is 2.64. The zero-order valence-electron chi connectivity index (χ0n) is 7.29. The van der Waals surface area contributed by atoms with Crippen LogP contribution >= 0.6 is 11.6 Å². The molecule has 1 aromatic rings. The van der Waals surface area contributed by atoms with Crippen LogP contribution in [-0.2, 0) is 0 Å². The Morgan fingerprint density at radius 1 is 1.69 bits per heavy atom. The number of nitrogens with zero attached hydrogens (tertiary/aromatic N) is 1. The Hall–Kier alpha value is -1.22. The lowest BCUT2D eigenvalue weighted by atomic mass is 10.4. The molecule has 0 aliphatic rings. The van der Waals surface area contributed by atoms with E-state index in [1.54, 1.807) is 18.3 Å². The van der Waals surface area contributed by atoms with Crippen LogP contribution < -0.4 is 9.47 Å². The number of aromatic nitrogens is 1. The third kappa shape index (κ3) is 2.36. The molecule has 0 amide bonds. The van der Waals surface area contributed by atoms with Crippen molar-refractivity contribution < 1.29 is 9.47 Å². The first-order valence-electron chi connectivity index (χ1n) is 3.71. The third-order valence-corrected chi connectivity index (χ3v) is 1.66. The van der Waals surface area contributed by atoms with Crippen molar-refractivity contribution in [2.75, 3.05) is 13.7 Å². The summed E-state index contributed by atoms with van der Waals surface area (Å²) in [6, 6.07) is 1.64. The van der Waals surface area contributed by atoms with E-state index in [4.69, 9.17) is 21.1 Å². The molecule has 0 saturated heterocycles. The molecule has 0 fully saturated rings. The van der Waals surface area contributed by atoms with Crippen molar-refractivity contribution in [3.63, 3.8) is 0 Å². The number of rotatable bonds is 4. The lowest BCUT2D eigenvalue weighted by Gasteiger charge is -2.08. The zero-order chi connectivity index (χ0) is 9.68. The molecule has 0 aliphatic heterocycles. The number of pyridine rings is 1. The number of methoxy groups -OCH3 is 1. The van der Waals surface area contributed by atoms with Gasteiger partial charge in [0.2, 0.25) is 0 Å². The lowest BCUT2D eigenvalue weighted by molar-refractivity contribution is 0.314. The summed E-state index contributed by atoms with van der Waals surface area (Å²) in [5.41, 5.74) is 0. The van der Waals surface area contributed by atoms with Crippen molar-refractivity contribution in [1.82, 2.24) is 4.98 Å². The molecule has 0 saturated carbocycles. The van der Waals surface area contributed by atoms with Gasteiger partial charge in [0.1, 0.15) is 6.61 Å². The van der Waals surface area contributed by atoms with Gasteiger partial charge >= 0.3 is 0 Å². The Morgan fingerprint density at radius 3 is 3.08 bits per heavy atom. The van der Waals surface area contributed by atoms with E-state index in [2.05, 4.69) is 11.6 Å². The second kappa shape index (κ2) is 4.72. The van der Waals surface area contributed by atoms with Crippen LogP contribution in [0.4, 0.5) is 0 Å². The average molecular weight is 200 g/mol. The van der Waals surface area contributed by atoms with E-state index in [0.29, 0.717) is 23.3 Å². The van der Waals surface area contributed by atoms with E-state index in [-0.39, 0.29) is 0 Å². The van der Waals surface area contributed by atoms with Crippen LogP contribution in [-0.4, -0.2) is 18.7 Å². The van der Waals surface area contributed by atoms with Gasteiger partial charge in [0.15, 0.2) is 5.75 Å². The highest BCUT2D eigenvalue weighted by atomic mass is 35.5. The normalized spacial score (nSPS) is 9.38. The topological polar surface area (TPSA) is 31.4 Å². The summed E-state index contributed by atoms with van der Waals surface area (Å²) in [6.45, 7) is 3.91. The Kier molecular flexibility index (Phi) is 3.58. The fraction of sp³-hybridized carbons (Fsp3) is 0.222. The van der Waals surface area contributed by atoms with Crippen LogP contribution in [0.1, 0.15) is 0 Å². The van der Waals surface area contributed by atoms with Gasteiger partial charge in [-0.25, -0.2) is 4.98 Å². The summed E-state index contributed by atoms with van der Waals surface area (Å²) in [5.74, 6) is 0.834. The highest BCUT2D eigenvalue weighted by molar-refractivity contribution is 6.32. The highest BCUT2D eigenvalue weighted by Crippen LogP contribution is 2.31. The summed E-state index contributed by atoms with van der Waals surface area (Å²) in [5, 5.41) is 0.483. The molecule has 0 atom stereocenters. The molecule has 70 valence electrons. The first kappa shape index (κ1) is 9.86. The summed E-state index contributed by atoms with van der Waals surface area (Å²) in [7, 11) is 1.52. The monoisotopic (exact) mass is 199 g/mol. The average Bonchev–Trinajstić information content (AvgIpc) is 2.15. The van der Waals surface area contributed by atoms with Crippen LogP contribution in [0.5, 0.6) is 11.6 Å². The second-order valence-electron chi connectivity index (χ2n) is 2.23. The van der Waals surface area contributed by atoms with Gasteiger partial charge in [0, 0.05) is 6.20 Å². The standard InChI is InChI=1S/C9H10ClNO2/c1-3-6-13-9-8(12-2)7(10)4-5-11-9/h3-5H,1,6H2,2H3. The number of hydrogen-bond donors (Lipinski definition) is 0. The number of hydrogen-bond acceptors (Lipinski definition) is 3. The molecule has 1 heterocycles.